The molecule has 7 nitrogen and oxygen atoms in total. The number of aromatic nitrogens is 5. The third-order valence-corrected chi connectivity index (χ3v) is 3.89. The molecule has 4 aromatic rings. The van der Waals surface area contributed by atoms with Crippen LogP contribution in [0.5, 0.6) is 0 Å². The highest BCUT2D eigenvalue weighted by Gasteiger charge is 2.18. The van der Waals surface area contributed by atoms with Crippen LogP contribution in [0.3, 0.4) is 0 Å². The first-order valence-electron chi connectivity index (χ1n) is 7.46. The number of rotatable bonds is 4. The van der Waals surface area contributed by atoms with E-state index in [4.69, 9.17) is 0 Å². The molecular formula is C17H12FN5O2. The second-order valence-electron chi connectivity index (χ2n) is 5.56. The van der Waals surface area contributed by atoms with Gasteiger partial charge in [0, 0.05) is 10.9 Å². The maximum Gasteiger partial charge on any atom is 0.339 e. The predicted molar refractivity (Wildman–Crippen MR) is 87.6 cm³/mol. The second kappa shape index (κ2) is 5.82. The minimum atomic E-state index is -1.34. The molecule has 0 amide bonds. The van der Waals surface area contributed by atoms with Gasteiger partial charge in [-0.25, -0.2) is 13.9 Å². The number of hydrogen-bond donors (Lipinski definition) is 2. The van der Waals surface area contributed by atoms with Gasteiger partial charge in [0.15, 0.2) is 0 Å². The van der Waals surface area contributed by atoms with Gasteiger partial charge in [-0.3, -0.25) is 5.10 Å². The van der Waals surface area contributed by atoms with Crippen molar-refractivity contribution in [3.05, 3.63) is 65.7 Å². The van der Waals surface area contributed by atoms with E-state index in [2.05, 4.69) is 20.5 Å². The standard InChI is InChI=1S/C17H12FN5O2/c18-13-3-1-2-12(16(13)17(24)25)15-9-23(22-21-15)8-10-4-5-11-7-19-20-14(11)6-10/h1-7,9H,8H2,(H,19,20)(H,24,25). The summed E-state index contributed by atoms with van der Waals surface area (Å²) in [7, 11) is 0. The van der Waals surface area contributed by atoms with Gasteiger partial charge in [0.1, 0.15) is 17.1 Å². The predicted octanol–water partition coefficient (Wildman–Crippen LogP) is 2.71. The molecule has 0 atom stereocenters. The number of carboxylic acids is 1. The maximum absolute atomic E-state index is 13.8. The quantitative estimate of drug-likeness (QED) is 0.597. The molecule has 2 heterocycles. The summed E-state index contributed by atoms with van der Waals surface area (Å²) >= 11 is 0. The van der Waals surface area contributed by atoms with Gasteiger partial charge in [-0.05, 0) is 17.7 Å². The lowest BCUT2D eigenvalue weighted by Crippen LogP contribution is -2.03. The Labute approximate surface area is 140 Å². The highest BCUT2D eigenvalue weighted by molar-refractivity contribution is 5.95. The number of benzene rings is 2. The van der Waals surface area contributed by atoms with Crippen LogP contribution >= 0.6 is 0 Å². The van der Waals surface area contributed by atoms with Gasteiger partial charge < -0.3 is 5.11 Å². The third-order valence-electron chi connectivity index (χ3n) is 3.89. The molecular weight excluding hydrogens is 325 g/mol. The summed E-state index contributed by atoms with van der Waals surface area (Å²) in [5, 5.41) is 25.1. The fourth-order valence-electron chi connectivity index (χ4n) is 2.72. The van der Waals surface area contributed by atoms with E-state index in [1.807, 2.05) is 18.2 Å². The summed E-state index contributed by atoms with van der Waals surface area (Å²) in [6, 6.07) is 9.91. The lowest BCUT2D eigenvalue weighted by Gasteiger charge is -2.03. The van der Waals surface area contributed by atoms with Gasteiger partial charge in [0.2, 0.25) is 0 Å². The van der Waals surface area contributed by atoms with Crippen molar-refractivity contribution in [2.45, 2.75) is 6.54 Å². The van der Waals surface area contributed by atoms with Crippen LogP contribution in [0.4, 0.5) is 4.39 Å². The SMILES string of the molecule is O=C(O)c1c(F)cccc1-c1cn(Cc2ccc3cn[nH]c3c2)nn1. The average Bonchev–Trinajstić information content (AvgIpc) is 3.23. The van der Waals surface area contributed by atoms with Crippen LogP contribution in [0.15, 0.2) is 48.8 Å². The van der Waals surface area contributed by atoms with Gasteiger partial charge in [-0.1, -0.05) is 29.5 Å². The van der Waals surface area contributed by atoms with Crippen molar-refractivity contribution in [3.63, 3.8) is 0 Å². The van der Waals surface area contributed by atoms with Crippen LogP contribution in [0.25, 0.3) is 22.2 Å². The van der Waals surface area contributed by atoms with E-state index in [-0.39, 0.29) is 5.56 Å². The molecule has 0 bridgehead atoms. The monoisotopic (exact) mass is 337 g/mol. The maximum atomic E-state index is 13.8. The lowest BCUT2D eigenvalue weighted by molar-refractivity contribution is 0.0693. The highest BCUT2D eigenvalue weighted by atomic mass is 19.1. The Kier molecular flexibility index (Phi) is 3.50. The minimum absolute atomic E-state index is 0.197. The molecule has 0 unspecified atom stereocenters. The van der Waals surface area contributed by atoms with Crippen molar-refractivity contribution in [1.29, 1.82) is 0 Å². The number of nitrogens with one attached hydrogen (secondary N) is 1. The Morgan fingerprint density at radius 1 is 1.28 bits per heavy atom. The Bertz CT molecular complexity index is 1090. The van der Waals surface area contributed by atoms with Crippen molar-refractivity contribution in [2.75, 3.05) is 0 Å². The Balaban J connectivity index is 1.66. The number of carboxylic acid groups (broad SMARTS) is 1. The summed E-state index contributed by atoms with van der Waals surface area (Å²) in [5.41, 5.74) is 1.98. The molecule has 0 aliphatic rings. The van der Waals surface area contributed by atoms with E-state index in [0.29, 0.717) is 12.2 Å². The van der Waals surface area contributed by atoms with E-state index in [1.54, 1.807) is 17.1 Å². The average molecular weight is 337 g/mol. The molecule has 0 saturated heterocycles. The summed E-state index contributed by atoms with van der Waals surface area (Å²) in [5.74, 6) is -2.14. The lowest BCUT2D eigenvalue weighted by atomic mass is 10.0. The topological polar surface area (TPSA) is 96.7 Å². The molecule has 8 heteroatoms. The molecule has 2 N–H and O–H groups in total. The van der Waals surface area contributed by atoms with Crippen molar-refractivity contribution < 1.29 is 14.3 Å². The molecule has 2 aromatic heterocycles. The molecule has 2 aromatic carbocycles. The van der Waals surface area contributed by atoms with Crippen molar-refractivity contribution in [3.8, 4) is 11.3 Å². The zero-order chi connectivity index (χ0) is 17.4. The number of nitrogens with zero attached hydrogens (tertiary/aromatic N) is 4. The summed E-state index contributed by atoms with van der Waals surface area (Å²) < 4.78 is 15.4. The number of aromatic amines is 1. The summed E-state index contributed by atoms with van der Waals surface area (Å²) in [6.07, 6.45) is 3.34. The van der Waals surface area contributed by atoms with E-state index >= 15 is 0 Å². The number of halogens is 1. The first-order chi connectivity index (χ1) is 12.1. The summed E-state index contributed by atoms with van der Waals surface area (Å²) in [6.45, 7) is 0.444. The Morgan fingerprint density at radius 3 is 3.00 bits per heavy atom. The Morgan fingerprint density at radius 2 is 2.16 bits per heavy atom. The van der Waals surface area contributed by atoms with Gasteiger partial charge in [0.05, 0.1) is 24.5 Å². The van der Waals surface area contributed by atoms with Crippen molar-refractivity contribution in [2.24, 2.45) is 0 Å². The molecule has 0 spiro atoms. The van der Waals surface area contributed by atoms with Gasteiger partial charge >= 0.3 is 5.97 Å². The number of H-pyrrole nitrogens is 1. The fraction of sp³-hybridized carbons (Fsp3) is 0.0588. The molecule has 0 aliphatic heterocycles. The van der Waals surface area contributed by atoms with Gasteiger partial charge in [-0.15, -0.1) is 5.10 Å². The minimum Gasteiger partial charge on any atom is -0.478 e. The number of hydrogen-bond acceptors (Lipinski definition) is 4. The number of fused-ring (bicyclic) bond motifs is 1. The molecule has 25 heavy (non-hydrogen) atoms. The highest BCUT2D eigenvalue weighted by Crippen LogP contribution is 2.24. The molecule has 4 rings (SSSR count). The van der Waals surface area contributed by atoms with E-state index in [1.165, 1.54) is 12.1 Å². The van der Waals surface area contributed by atoms with Crippen LogP contribution in [0.1, 0.15) is 15.9 Å². The summed E-state index contributed by atoms with van der Waals surface area (Å²) in [4.78, 5) is 11.3. The largest absolute Gasteiger partial charge is 0.478 e. The molecule has 0 radical (unpaired) electrons. The van der Waals surface area contributed by atoms with Crippen LogP contribution in [0.2, 0.25) is 0 Å². The van der Waals surface area contributed by atoms with Crippen LogP contribution in [-0.4, -0.2) is 36.3 Å². The number of carbonyl (C=O) groups is 1. The smallest absolute Gasteiger partial charge is 0.339 e. The molecule has 124 valence electrons. The van der Waals surface area contributed by atoms with Crippen molar-refractivity contribution in [1.82, 2.24) is 25.2 Å². The Hall–Kier alpha value is -3.55. The first kappa shape index (κ1) is 15.0. The van der Waals surface area contributed by atoms with E-state index in [0.717, 1.165) is 22.5 Å². The van der Waals surface area contributed by atoms with Gasteiger partial charge in [0.25, 0.3) is 0 Å². The van der Waals surface area contributed by atoms with E-state index in [9.17, 15) is 14.3 Å². The second-order valence-corrected chi connectivity index (χ2v) is 5.56. The zero-order valence-corrected chi connectivity index (χ0v) is 12.8. The first-order valence-corrected chi connectivity index (χ1v) is 7.46. The van der Waals surface area contributed by atoms with Crippen LogP contribution in [0, 0.1) is 5.82 Å². The normalized spacial score (nSPS) is 11.1. The van der Waals surface area contributed by atoms with E-state index < -0.39 is 17.3 Å². The number of aromatic carboxylic acids is 1. The third kappa shape index (κ3) is 2.74. The van der Waals surface area contributed by atoms with Crippen LogP contribution < -0.4 is 0 Å². The molecule has 0 aliphatic carbocycles. The molecule has 0 saturated carbocycles. The van der Waals surface area contributed by atoms with Crippen molar-refractivity contribution >= 4 is 16.9 Å². The zero-order valence-electron chi connectivity index (χ0n) is 12.8. The van der Waals surface area contributed by atoms with Crippen LogP contribution in [-0.2, 0) is 6.54 Å². The molecule has 0 fully saturated rings. The van der Waals surface area contributed by atoms with Gasteiger partial charge in [-0.2, -0.15) is 5.10 Å². The fourth-order valence-corrected chi connectivity index (χ4v) is 2.72.